The lowest BCUT2D eigenvalue weighted by molar-refractivity contribution is -0.118. The third-order valence-corrected chi connectivity index (χ3v) is 7.29. The van der Waals surface area contributed by atoms with Gasteiger partial charge in [-0.3, -0.25) is 9.52 Å². The lowest BCUT2D eigenvalue weighted by Gasteiger charge is -2.28. The van der Waals surface area contributed by atoms with Gasteiger partial charge < -0.3 is 15.1 Å². The SMILES string of the molecule is O=C(CS(=O)(=O)Nc1ccc(N2CCCCC2)cc1)NCc1ccccc1N1CCCC1. The summed E-state index contributed by atoms with van der Waals surface area (Å²) in [5.41, 5.74) is 3.68. The van der Waals surface area contributed by atoms with Gasteiger partial charge in [0.1, 0.15) is 5.75 Å². The average molecular weight is 457 g/mol. The molecule has 0 saturated carbocycles. The van der Waals surface area contributed by atoms with E-state index in [2.05, 4.69) is 25.9 Å². The van der Waals surface area contributed by atoms with Crippen LogP contribution in [0.5, 0.6) is 0 Å². The Morgan fingerprint density at radius 3 is 2.16 bits per heavy atom. The number of para-hydroxylation sites is 1. The highest BCUT2D eigenvalue weighted by molar-refractivity contribution is 7.93. The number of amides is 1. The molecule has 2 aliphatic heterocycles. The second kappa shape index (κ2) is 10.3. The normalized spacial score (nSPS) is 16.8. The summed E-state index contributed by atoms with van der Waals surface area (Å²) >= 11 is 0. The van der Waals surface area contributed by atoms with Crippen LogP contribution in [0.2, 0.25) is 0 Å². The predicted molar refractivity (Wildman–Crippen MR) is 130 cm³/mol. The number of nitrogens with zero attached hydrogens (tertiary/aromatic N) is 2. The van der Waals surface area contributed by atoms with Crippen LogP contribution in [0.15, 0.2) is 48.5 Å². The van der Waals surface area contributed by atoms with E-state index in [0.717, 1.165) is 43.1 Å². The summed E-state index contributed by atoms with van der Waals surface area (Å²) in [4.78, 5) is 17.0. The minimum Gasteiger partial charge on any atom is -0.372 e. The molecular formula is C24H32N4O3S. The number of piperidine rings is 1. The molecular weight excluding hydrogens is 424 g/mol. The van der Waals surface area contributed by atoms with E-state index >= 15 is 0 Å². The molecule has 0 unspecified atom stereocenters. The fourth-order valence-corrected chi connectivity index (χ4v) is 5.47. The maximum absolute atomic E-state index is 12.5. The van der Waals surface area contributed by atoms with Crippen molar-refractivity contribution in [2.45, 2.75) is 38.6 Å². The number of hydrogen-bond acceptors (Lipinski definition) is 5. The molecule has 2 saturated heterocycles. The Hall–Kier alpha value is -2.74. The highest BCUT2D eigenvalue weighted by Crippen LogP contribution is 2.25. The molecule has 0 aliphatic carbocycles. The van der Waals surface area contributed by atoms with Crippen molar-refractivity contribution in [2.75, 3.05) is 46.5 Å². The summed E-state index contributed by atoms with van der Waals surface area (Å²) in [6.45, 7) is 4.41. The van der Waals surface area contributed by atoms with E-state index in [1.807, 2.05) is 30.3 Å². The van der Waals surface area contributed by atoms with Crippen LogP contribution in [0.3, 0.4) is 0 Å². The van der Waals surface area contributed by atoms with Crippen LogP contribution in [0.4, 0.5) is 17.1 Å². The van der Waals surface area contributed by atoms with Crippen molar-refractivity contribution in [3.63, 3.8) is 0 Å². The highest BCUT2D eigenvalue weighted by Gasteiger charge is 2.19. The van der Waals surface area contributed by atoms with E-state index in [-0.39, 0.29) is 0 Å². The Kier molecular flexibility index (Phi) is 7.19. The van der Waals surface area contributed by atoms with Crippen LogP contribution < -0.4 is 19.8 Å². The molecule has 7 nitrogen and oxygen atoms in total. The van der Waals surface area contributed by atoms with Gasteiger partial charge in [0.25, 0.3) is 0 Å². The van der Waals surface area contributed by atoms with Crippen molar-refractivity contribution in [3.8, 4) is 0 Å². The summed E-state index contributed by atoms with van der Waals surface area (Å²) in [6, 6.07) is 15.3. The lowest BCUT2D eigenvalue weighted by atomic mass is 10.1. The Bertz CT molecular complexity index is 1010. The number of carbonyl (C=O) groups excluding carboxylic acids is 1. The molecule has 172 valence electrons. The molecule has 0 spiro atoms. The molecule has 2 aliphatic rings. The van der Waals surface area contributed by atoms with Crippen LogP contribution in [0.25, 0.3) is 0 Å². The standard InChI is InChI=1S/C24H32N4O3S/c29-24(25-18-20-8-2-3-9-23(20)28-16-6-7-17-28)19-32(30,31)26-21-10-12-22(13-11-21)27-14-4-1-5-15-27/h2-3,8-13,26H,1,4-7,14-19H2,(H,25,29). The third-order valence-electron chi connectivity index (χ3n) is 6.10. The first-order chi connectivity index (χ1) is 15.5. The van der Waals surface area contributed by atoms with E-state index in [9.17, 15) is 13.2 Å². The largest absolute Gasteiger partial charge is 0.372 e. The molecule has 8 heteroatoms. The Balaban J connectivity index is 1.30. The zero-order valence-electron chi connectivity index (χ0n) is 18.4. The van der Waals surface area contributed by atoms with E-state index in [4.69, 9.17) is 0 Å². The van der Waals surface area contributed by atoms with Gasteiger partial charge in [0.15, 0.2) is 0 Å². The van der Waals surface area contributed by atoms with Gasteiger partial charge in [0.2, 0.25) is 15.9 Å². The van der Waals surface area contributed by atoms with Crippen LogP contribution in [-0.4, -0.2) is 46.3 Å². The van der Waals surface area contributed by atoms with Crippen molar-refractivity contribution >= 4 is 33.0 Å². The Morgan fingerprint density at radius 1 is 0.812 bits per heavy atom. The van der Waals surface area contributed by atoms with Crippen molar-refractivity contribution in [2.24, 2.45) is 0 Å². The maximum Gasteiger partial charge on any atom is 0.241 e. The summed E-state index contributed by atoms with van der Waals surface area (Å²) in [6.07, 6.45) is 5.98. The Labute approximate surface area is 190 Å². The molecule has 2 N–H and O–H groups in total. The van der Waals surface area contributed by atoms with Crippen molar-refractivity contribution in [1.29, 1.82) is 0 Å². The van der Waals surface area contributed by atoms with Gasteiger partial charge in [-0.2, -0.15) is 0 Å². The molecule has 2 aromatic rings. The molecule has 0 bridgehead atoms. The molecule has 0 radical (unpaired) electrons. The fourth-order valence-electron chi connectivity index (χ4n) is 4.45. The summed E-state index contributed by atoms with van der Waals surface area (Å²) in [7, 11) is -3.79. The number of anilines is 3. The smallest absolute Gasteiger partial charge is 0.241 e. The van der Waals surface area contributed by atoms with Crippen LogP contribution in [-0.2, 0) is 21.4 Å². The molecule has 4 rings (SSSR count). The minimum absolute atomic E-state index is 0.311. The second-order valence-electron chi connectivity index (χ2n) is 8.56. The zero-order valence-corrected chi connectivity index (χ0v) is 19.2. The van der Waals surface area contributed by atoms with Crippen LogP contribution >= 0.6 is 0 Å². The third kappa shape index (κ3) is 5.94. The molecule has 0 aromatic heterocycles. The number of nitrogens with one attached hydrogen (secondary N) is 2. The van der Waals surface area contributed by atoms with Crippen LogP contribution in [0.1, 0.15) is 37.7 Å². The second-order valence-corrected chi connectivity index (χ2v) is 10.3. The van der Waals surface area contributed by atoms with E-state index in [1.54, 1.807) is 12.1 Å². The van der Waals surface area contributed by atoms with Gasteiger partial charge in [-0.25, -0.2) is 8.42 Å². The van der Waals surface area contributed by atoms with Crippen molar-refractivity contribution in [3.05, 3.63) is 54.1 Å². The number of benzene rings is 2. The highest BCUT2D eigenvalue weighted by atomic mass is 32.2. The van der Waals surface area contributed by atoms with E-state index in [1.165, 1.54) is 32.1 Å². The predicted octanol–water partition coefficient (Wildman–Crippen LogP) is 3.34. The number of sulfonamides is 1. The monoisotopic (exact) mass is 456 g/mol. The molecule has 1 amide bonds. The molecule has 2 fully saturated rings. The van der Waals surface area contributed by atoms with Gasteiger partial charge in [0.05, 0.1) is 0 Å². The zero-order chi connectivity index (χ0) is 22.4. The van der Waals surface area contributed by atoms with Gasteiger partial charge >= 0.3 is 0 Å². The van der Waals surface area contributed by atoms with E-state index in [0.29, 0.717) is 12.2 Å². The van der Waals surface area contributed by atoms with Gasteiger partial charge in [0, 0.05) is 49.8 Å². The van der Waals surface area contributed by atoms with Gasteiger partial charge in [-0.1, -0.05) is 18.2 Å². The van der Waals surface area contributed by atoms with Gasteiger partial charge in [-0.15, -0.1) is 0 Å². The number of carbonyl (C=O) groups is 1. The van der Waals surface area contributed by atoms with Crippen molar-refractivity contribution < 1.29 is 13.2 Å². The first-order valence-corrected chi connectivity index (χ1v) is 13.1. The number of hydrogen-bond donors (Lipinski definition) is 2. The molecule has 2 heterocycles. The topological polar surface area (TPSA) is 81.8 Å². The number of rotatable bonds is 8. The molecule has 0 atom stereocenters. The quantitative estimate of drug-likeness (QED) is 0.637. The Morgan fingerprint density at radius 2 is 1.44 bits per heavy atom. The average Bonchev–Trinajstić information content (AvgIpc) is 3.33. The minimum atomic E-state index is -3.79. The first-order valence-electron chi connectivity index (χ1n) is 11.5. The first kappa shape index (κ1) is 22.5. The summed E-state index contributed by atoms with van der Waals surface area (Å²) < 4.78 is 27.5. The molecule has 32 heavy (non-hydrogen) atoms. The van der Waals surface area contributed by atoms with Crippen molar-refractivity contribution in [1.82, 2.24) is 5.32 Å². The summed E-state index contributed by atoms with van der Waals surface area (Å²) in [5.74, 6) is -1.12. The lowest BCUT2D eigenvalue weighted by Crippen LogP contribution is -2.33. The summed E-state index contributed by atoms with van der Waals surface area (Å²) in [5, 5.41) is 2.77. The maximum atomic E-state index is 12.5. The fraction of sp³-hybridized carbons (Fsp3) is 0.458. The van der Waals surface area contributed by atoms with Gasteiger partial charge in [-0.05, 0) is 68.0 Å². The van der Waals surface area contributed by atoms with E-state index < -0.39 is 21.7 Å². The van der Waals surface area contributed by atoms with Crippen LogP contribution in [0, 0.1) is 0 Å². The molecule has 2 aromatic carbocycles.